The zero-order chi connectivity index (χ0) is 29.7. The first-order valence-electron chi connectivity index (χ1n) is 13.0. The van der Waals surface area contributed by atoms with Crippen molar-refractivity contribution in [2.45, 2.75) is 44.9 Å². The first-order chi connectivity index (χ1) is 19.3. The minimum atomic E-state index is -1.68. The van der Waals surface area contributed by atoms with E-state index in [4.69, 9.17) is 0 Å². The number of likely N-dealkylation sites (N-methyl/N-ethyl adjacent to an activating group) is 1. The highest BCUT2D eigenvalue weighted by Crippen LogP contribution is 2.42. The fraction of sp³-hybridized carbons (Fsp3) is 0.300. The summed E-state index contributed by atoms with van der Waals surface area (Å²) in [5, 5.41) is 29.3. The van der Waals surface area contributed by atoms with Crippen LogP contribution in [0.5, 0.6) is 0 Å². The Bertz CT molecular complexity index is 1730. The van der Waals surface area contributed by atoms with Crippen molar-refractivity contribution >= 4 is 34.4 Å². The fourth-order valence-corrected chi connectivity index (χ4v) is 4.88. The lowest BCUT2D eigenvalue weighted by atomic mass is 9.86. The lowest BCUT2D eigenvalue weighted by Crippen LogP contribution is -2.42. The Kier molecular flexibility index (Phi) is 6.75. The minimum Gasteiger partial charge on any atom is -0.387 e. The lowest BCUT2D eigenvalue weighted by molar-refractivity contribution is -0.121. The zero-order valence-electron chi connectivity index (χ0n) is 23.4. The highest BCUT2D eigenvalue weighted by atomic mass is 19.1. The number of carbonyl (C=O) groups excluding carboxylic acids is 2. The predicted molar refractivity (Wildman–Crippen MR) is 153 cm³/mol. The third-order valence-electron chi connectivity index (χ3n) is 7.40. The zero-order valence-corrected chi connectivity index (χ0v) is 23.4. The van der Waals surface area contributed by atoms with Gasteiger partial charge < -0.3 is 20.6 Å². The van der Waals surface area contributed by atoms with Gasteiger partial charge in [0.25, 0.3) is 5.91 Å². The van der Waals surface area contributed by atoms with Gasteiger partial charge in [-0.3, -0.25) is 14.6 Å². The van der Waals surface area contributed by atoms with Crippen molar-refractivity contribution in [3.05, 3.63) is 71.5 Å². The summed E-state index contributed by atoms with van der Waals surface area (Å²) in [5.74, 6) is -0.597. The average molecular weight is 556 g/mol. The molecule has 2 amide bonds. The van der Waals surface area contributed by atoms with Gasteiger partial charge in [-0.05, 0) is 69.7 Å². The summed E-state index contributed by atoms with van der Waals surface area (Å²) in [6.45, 7) is 6.03. The summed E-state index contributed by atoms with van der Waals surface area (Å²) in [4.78, 5) is 32.1. The summed E-state index contributed by atoms with van der Waals surface area (Å²) in [5.41, 5.74) is 2.80. The maximum absolute atomic E-state index is 14.4. The lowest BCUT2D eigenvalue weighted by Gasteiger charge is -2.22. The number of halogens is 1. The number of benzene rings is 1. The second kappa shape index (κ2) is 9.98. The SMILES string of the molecule is CN1C(=O)C(C)(C)c2ccc(Nc3cc(-c4ccc5cc(C#N)cnn45)ncc3C(=O)NC[C@@H](F)C(C)(C)O)cc21. The molecule has 4 heterocycles. The molecule has 5 rings (SSSR count). The first-order valence-corrected chi connectivity index (χ1v) is 13.0. The second-order valence-corrected chi connectivity index (χ2v) is 11.2. The smallest absolute Gasteiger partial charge is 0.255 e. The summed E-state index contributed by atoms with van der Waals surface area (Å²) < 4.78 is 16.0. The van der Waals surface area contributed by atoms with Gasteiger partial charge in [-0.1, -0.05) is 6.07 Å². The van der Waals surface area contributed by atoms with Crippen LogP contribution in [0.15, 0.2) is 54.9 Å². The Morgan fingerprint density at radius 2 is 1.95 bits per heavy atom. The standard InChI is InChI=1S/C30H30FN7O3/c1-29(2)21-8-6-18(11-25(21)37(5)28(29)40)36-22-12-23(24-9-7-19-10-17(13-32)14-35-38(19)24)33-15-20(22)27(39)34-16-26(31)30(3,4)41/h6-12,14-15,26,41H,16H2,1-5H3,(H,33,36)(H,34,39)/t26-/m1/s1. The molecular weight excluding hydrogens is 525 g/mol. The van der Waals surface area contributed by atoms with Crippen LogP contribution in [0.25, 0.3) is 16.9 Å². The Morgan fingerprint density at radius 1 is 1.20 bits per heavy atom. The van der Waals surface area contributed by atoms with Gasteiger partial charge in [-0.2, -0.15) is 10.4 Å². The van der Waals surface area contributed by atoms with Gasteiger partial charge in [0.15, 0.2) is 0 Å². The highest BCUT2D eigenvalue weighted by Gasteiger charge is 2.42. The van der Waals surface area contributed by atoms with Crippen LogP contribution in [-0.2, 0) is 10.2 Å². The van der Waals surface area contributed by atoms with Crippen molar-refractivity contribution < 1.29 is 19.1 Å². The van der Waals surface area contributed by atoms with Crippen LogP contribution >= 0.6 is 0 Å². The molecule has 0 unspecified atom stereocenters. The number of anilines is 3. The van der Waals surface area contributed by atoms with E-state index in [1.165, 1.54) is 26.2 Å². The Balaban J connectivity index is 1.54. The Morgan fingerprint density at radius 3 is 2.66 bits per heavy atom. The number of amides is 2. The third-order valence-corrected chi connectivity index (χ3v) is 7.40. The van der Waals surface area contributed by atoms with Crippen molar-refractivity contribution in [3.63, 3.8) is 0 Å². The minimum absolute atomic E-state index is 0.0179. The molecule has 0 aliphatic carbocycles. The largest absolute Gasteiger partial charge is 0.387 e. The van der Waals surface area contributed by atoms with Gasteiger partial charge in [-0.25, -0.2) is 8.91 Å². The number of nitrogens with zero attached hydrogens (tertiary/aromatic N) is 5. The molecule has 11 heteroatoms. The molecule has 0 fully saturated rings. The van der Waals surface area contributed by atoms with Gasteiger partial charge in [0.05, 0.1) is 57.5 Å². The monoisotopic (exact) mass is 555 g/mol. The fourth-order valence-electron chi connectivity index (χ4n) is 4.88. The molecule has 0 spiro atoms. The first kappa shape index (κ1) is 27.7. The number of hydrogen-bond donors (Lipinski definition) is 3. The number of alkyl halides is 1. The molecule has 4 aromatic rings. The van der Waals surface area contributed by atoms with Crippen molar-refractivity contribution in [1.29, 1.82) is 5.26 Å². The number of fused-ring (bicyclic) bond motifs is 2. The molecule has 3 N–H and O–H groups in total. The van der Waals surface area contributed by atoms with Crippen LogP contribution in [0.3, 0.4) is 0 Å². The van der Waals surface area contributed by atoms with Gasteiger partial charge in [0.2, 0.25) is 5.91 Å². The van der Waals surface area contributed by atoms with E-state index in [9.17, 15) is 24.3 Å². The third kappa shape index (κ3) is 4.98. The molecule has 210 valence electrons. The summed E-state index contributed by atoms with van der Waals surface area (Å²) >= 11 is 0. The molecule has 0 radical (unpaired) electrons. The number of pyridine rings is 1. The average Bonchev–Trinajstić information content (AvgIpc) is 3.43. The van der Waals surface area contributed by atoms with Crippen LogP contribution in [-0.4, -0.2) is 56.9 Å². The summed E-state index contributed by atoms with van der Waals surface area (Å²) in [7, 11) is 1.72. The van der Waals surface area contributed by atoms with Crippen LogP contribution in [0, 0.1) is 11.3 Å². The number of hydrogen-bond acceptors (Lipinski definition) is 7. The Labute approximate surface area is 236 Å². The molecule has 0 bridgehead atoms. The number of aliphatic hydroxyl groups is 1. The van der Waals surface area contributed by atoms with Gasteiger partial charge in [0.1, 0.15) is 12.2 Å². The van der Waals surface area contributed by atoms with Crippen molar-refractivity contribution in [3.8, 4) is 17.5 Å². The van der Waals surface area contributed by atoms with E-state index in [1.807, 2.05) is 44.2 Å². The highest BCUT2D eigenvalue weighted by molar-refractivity contribution is 6.08. The van der Waals surface area contributed by atoms with Crippen LogP contribution in [0.2, 0.25) is 0 Å². The van der Waals surface area contributed by atoms with Crippen LogP contribution in [0.4, 0.5) is 21.5 Å². The molecule has 1 aromatic carbocycles. The van der Waals surface area contributed by atoms with Gasteiger partial charge >= 0.3 is 0 Å². The maximum Gasteiger partial charge on any atom is 0.255 e. The number of nitriles is 1. The van der Waals surface area contributed by atoms with Crippen LogP contribution in [0.1, 0.15) is 49.2 Å². The maximum atomic E-state index is 14.4. The predicted octanol–water partition coefficient (Wildman–Crippen LogP) is 4.10. The van der Waals surface area contributed by atoms with E-state index < -0.39 is 29.6 Å². The number of nitrogens with one attached hydrogen (secondary N) is 2. The number of rotatable bonds is 7. The Hall–Kier alpha value is -4.82. The molecule has 1 aliphatic heterocycles. The molecule has 10 nitrogen and oxygen atoms in total. The van der Waals surface area contributed by atoms with E-state index in [1.54, 1.807) is 28.6 Å². The molecule has 3 aromatic heterocycles. The van der Waals surface area contributed by atoms with E-state index in [0.717, 1.165) is 11.3 Å². The van der Waals surface area contributed by atoms with Crippen molar-refractivity contribution in [2.24, 2.45) is 0 Å². The van der Waals surface area contributed by atoms with Crippen molar-refractivity contribution in [2.75, 3.05) is 23.8 Å². The molecule has 0 saturated carbocycles. The topological polar surface area (TPSA) is 136 Å². The van der Waals surface area contributed by atoms with E-state index in [2.05, 4.69) is 26.8 Å². The van der Waals surface area contributed by atoms with Crippen LogP contribution < -0.4 is 15.5 Å². The summed E-state index contributed by atoms with van der Waals surface area (Å²) in [6.07, 6.45) is 1.16. The molecule has 0 saturated heterocycles. The summed E-state index contributed by atoms with van der Waals surface area (Å²) in [6, 6.07) is 14.6. The normalized spacial score (nSPS) is 15.0. The second-order valence-electron chi connectivity index (χ2n) is 11.2. The van der Waals surface area contributed by atoms with Gasteiger partial charge in [0, 0.05) is 24.6 Å². The van der Waals surface area contributed by atoms with Crippen molar-refractivity contribution in [1.82, 2.24) is 19.9 Å². The number of aromatic nitrogens is 3. The van der Waals surface area contributed by atoms with E-state index in [0.29, 0.717) is 33.8 Å². The molecule has 1 aliphatic rings. The quantitative estimate of drug-likeness (QED) is 0.312. The molecule has 41 heavy (non-hydrogen) atoms. The molecular formula is C30H30FN7O3. The molecule has 1 atom stereocenters. The van der Waals surface area contributed by atoms with E-state index in [-0.39, 0.29) is 11.5 Å². The van der Waals surface area contributed by atoms with Gasteiger partial charge in [-0.15, -0.1) is 0 Å². The van der Waals surface area contributed by atoms with E-state index >= 15 is 0 Å². The number of carbonyl (C=O) groups is 2.